The number of hydrogen-bond donors (Lipinski definition) is 0. The molecule has 0 saturated carbocycles. The van der Waals surface area contributed by atoms with E-state index in [-0.39, 0.29) is 16.8 Å². The summed E-state index contributed by atoms with van der Waals surface area (Å²) in [4.78, 5) is 21.2. The first-order valence-electron chi connectivity index (χ1n) is 5.65. The average Bonchev–Trinajstić information content (AvgIpc) is 2.49. The first-order chi connectivity index (χ1) is 7.88. The summed E-state index contributed by atoms with van der Waals surface area (Å²) in [6, 6.07) is 0.101. The molecule has 17 heavy (non-hydrogen) atoms. The van der Waals surface area contributed by atoms with E-state index in [0.717, 1.165) is 4.88 Å². The third kappa shape index (κ3) is 2.91. The first kappa shape index (κ1) is 13.8. The van der Waals surface area contributed by atoms with Crippen LogP contribution in [0.4, 0.5) is 5.82 Å². The van der Waals surface area contributed by atoms with Gasteiger partial charge in [0.15, 0.2) is 5.82 Å². The Kier molecular flexibility index (Phi) is 4.40. The minimum absolute atomic E-state index is 0.0309. The Balaban J connectivity index is 3.41. The molecule has 0 amide bonds. The minimum atomic E-state index is 0.0309. The van der Waals surface area contributed by atoms with E-state index in [1.165, 1.54) is 11.3 Å². The molecule has 0 aliphatic rings. The zero-order valence-electron chi connectivity index (χ0n) is 11.0. The molecule has 1 aromatic rings. The summed E-state index contributed by atoms with van der Waals surface area (Å²) < 4.78 is 1.70. The topological polar surface area (TPSA) is 46.7 Å². The highest BCUT2D eigenvalue weighted by Crippen LogP contribution is 2.25. The Bertz CT molecular complexity index is 494. The lowest BCUT2D eigenvalue weighted by molar-refractivity contribution is 0.594. The Hall–Kier alpha value is -1.23. The SMILES string of the molecule is C=NC(=Nc1c(C)sc(=O)n1C(C)C)C(C)C. The molecule has 0 aromatic carbocycles. The zero-order valence-corrected chi connectivity index (χ0v) is 11.8. The number of aliphatic imine (C=N–C) groups is 2. The van der Waals surface area contributed by atoms with Crippen LogP contribution in [-0.4, -0.2) is 17.1 Å². The molecule has 0 spiro atoms. The molecule has 0 radical (unpaired) electrons. The van der Waals surface area contributed by atoms with E-state index in [4.69, 9.17) is 0 Å². The molecular formula is C12H19N3OS. The molecule has 0 saturated heterocycles. The molecule has 4 nitrogen and oxygen atoms in total. The van der Waals surface area contributed by atoms with Gasteiger partial charge in [-0.25, -0.2) is 9.98 Å². The van der Waals surface area contributed by atoms with Crippen molar-refractivity contribution < 1.29 is 0 Å². The van der Waals surface area contributed by atoms with Crippen LogP contribution < -0.4 is 4.87 Å². The predicted octanol–water partition coefficient (Wildman–Crippen LogP) is 3.19. The minimum Gasteiger partial charge on any atom is -0.281 e. The maximum absolute atomic E-state index is 11.8. The number of aromatic nitrogens is 1. The maximum atomic E-state index is 11.8. The van der Waals surface area contributed by atoms with Gasteiger partial charge in [-0.05, 0) is 27.5 Å². The molecule has 0 fully saturated rings. The second-order valence-corrected chi connectivity index (χ2v) is 5.66. The third-order valence-corrected chi connectivity index (χ3v) is 3.26. The summed E-state index contributed by atoms with van der Waals surface area (Å²) in [6.07, 6.45) is 0. The largest absolute Gasteiger partial charge is 0.309 e. The highest BCUT2D eigenvalue weighted by Gasteiger charge is 2.15. The van der Waals surface area contributed by atoms with Crippen molar-refractivity contribution in [3.8, 4) is 0 Å². The Morgan fingerprint density at radius 1 is 1.35 bits per heavy atom. The van der Waals surface area contributed by atoms with E-state index in [9.17, 15) is 4.79 Å². The lowest BCUT2D eigenvalue weighted by Crippen LogP contribution is -2.15. The summed E-state index contributed by atoms with van der Waals surface area (Å²) in [5.74, 6) is 1.58. The fraction of sp³-hybridized carbons (Fsp3) is 0.583. The van der Waals surface area contributed by atoms with E-state index in [1.807, 2.05) is 34.6 Å². The standard InChI is InChI=1S/C12H19N3OS/c1-7(2)10(13-6)14-11-9(5)17-12(16)15(11)8(3)4/h7-8H,6H2,1-5H3. The second-order valence-electron chi connectivity index (χ2n) is 4.49. The van der Waals surface area contributed by atoms with Gasteiger partial charge < -0.3 is 0 Å². The summed E-state index contributed by atoms with van der Waals surface area (Å²) in [7, 11) is 0. The number of amidine groups is 1. The highest BCUT2D eigenvalue weighted by molar-refractivity contribution is 7.09. The van der Waals surface area contributed by atoms with Crippen molar-refractivity contribution in [3.05, 3.63) is 14.5 Å². The molecule has 94 valence electrons. The Morgan fingerprint density at radius 2 is 1.94 bits per heavy atom. The predicted molar refractivity (Wildman–Crippen MR) is 75.2 cm³/mol. The summed E-state index contributed by atoms with van der Waals surface area (Å²) in [5, 5.41) is 0. The van der Waals surface area contributed by atoms with Crippen LogP contribution in [0.3, 0.4) is 0 Å². The van der Waals surface area contributed by atoms with Crippen molar-refractivity contribution in [1.82, 2.24) is 4.57 Å². The second kappa shape index (κ2) is 5.40. The lowest BCUT2D eigenvalue weighted by atomic mass is 10.2. The lowest BCUT2D eigenvalue weighted by Gasteiger charge is -2.10. The van der Waals surface area contributed by atoms with Crippen molar-refractivity contribution in [2.75, 3.05) is 0 Å². The van der Waals surface area contributed by atoms with Gasteiger partial charge >= 0.3 is 4.87 Å². The van der Waals surface area contributed by atoms with Crippen molar-refractivity contribution in [1.29, 1.82) is 0 Å². The quantitative estimate of drug-likeness (QED) is 0.603. The van der Waals surface area contributed by atoms with E-state index in [2.05, 4.69) is 16.7 Å². The number of hydrogen-bond acceptors (Lipinski definition) is 3. The fourth-order valence-electron chi connectivity index (χ4n) is 1.53. The number of aryl methyl sites for hydroxylation is 1. The molecular weight excluding hydrogens is 234 g/mol. The molecule has 5 heteroatoms. The highest BCUT2D eigenvalue weighted by atomic mass is 32.1. The molecule has 0 bridgehead atoms. The third-order valence-electron chi connectivity index (χ3n) is 2.40. The van der Waals surface area contributed by atoms with Gasteiger partial charge in [0.05, 0.1) is 0 Å². The van der Waals surface area contributed by atoms with E-state index in [0.29, 0.717) is 11.7 Å². The zero-order chi connectivity index (χ0) is 13.2. The number of rotatable bonds is 3. The van der Waals surface area contributed by atoms with Crippen LogP contribution in [0.1, 0.15) is 38.6 Å². The van der Waals surface area contributed by atoms with Gasteiger partial charge in [0.1, 0.15) is 5.84 Å². The van der Waals surface area contributed by atoms with Crippen molar-refractivity contribution in [3.63, 3.8) is 0 Å². The Labute approximate surface area is 106 Å². The van der Waals surface area contributed by atoms with Crippen molar-refractivity contribution >= 4 is 29.7 Å². The molecule has 0 aliphatic heterocycles. The average molecular weight is 253 g/mol. The van der Waals surface area contributed by atoms with E-state index in [1.54, 1.807) is 4.57 Å². The molecule has 1 rings (SSSR count). The summed E-state index contributed by atoms with van der Waals surface area (Å²) in [5.41, 5.74) is 0. The van der Waals surface area contributed by atoms with Crippen LogP contribution in [0, 0.1) is 12.8 Å². The van der Waals surface area contributed by atoms with E-state index >= 15 is 0 Å². The van der Waals surface area contributed by atoms with Crippen LogP contribution in [0.2, 0.25) is 0 Å². The van der Waals surface area contributed by atoms with Crippen molar-refractivity contribution in [2.45, 2.75) is 40.7 Å². The molecule has 0 aliphatic carbocycles. The van der Waals surface area contributed by atoms with Crippen LogP contribution in [-0.2, 0) is 0 Å². The first-order valence-corrected chi connectivity index (χ1v) is 6.47. The molecule has 1 aromatic heterocycles. The maximum Gasteiger partial charge on any atom is 0.309 e. The van der Waals surface area contributed by atoms with E-state index < -0.39 is 0 Å². The van der Waals surface area contributed by atoms with Gasteiger partial charge in [-0.15, -0.1) is 0 Å². The Morgan fingerprint density at radius 3 is 2.35 bits per heavy atom. The van der Waals surface area contributed by atoms with Crippen LogP contribution >= 0.6 is 11.3 Å². The van der Waals surface area contributed by atoms with Crippen molar-refractivity contribution in [2.24, 2.45) is 15.9 Å². The summed E-state index contributed by atoms with van der Waals surface area (Å²) in [6.45, 7) is 13.4. The normalized spacial score (nSPS) is 12.5. The number of thiazole rings is 1. The van der Waals surface area contributed by atoms with Crippen LogP contribution in [0.15, 0.2) is 14.8 Å². The smallest absolute Gasteiger partial charge is 0.281 e. The van der Waals surface area contributed by atoms with Gasteiger partial charge in [0.2, 0.25) is 0 Å². The summed E-state index contributed by atoms with van der Waals surface area (Å²) >= 11 is 1.23. The van der Waals surface area contributed by atoms with Gasteiger partial charge in [-0.2, -0.15) is 0 Å². The van der Waals surface area contributed by atoms with Gasteiger partial charge in [0.25, 0.3) is 0 Å². The van der Waals surface area contributed by atoms with Crippen LogP contribution in [0.5, 0.6) is 0 Å². The van der Waals surface area contributed by atoms with Crippen LogP contribution in [0.25, 0.3) is 0 Å². The van der Waals surface area contributed by atoms with Gasteiger partial charge in [0, 0.05) is 16.8 Å². The molecule has 0 N–H and O–H groups in total. The molecule has 0 unspecified atom stereocenters. The van der Waals surface area contributed by atoms with Gasteiger partial charge in [-0.1, -0.05) is 25.2 Å². The van der Waals surface area contributed by atoms with Gasteiger partial charge in [-0.3, -0.25) is 9.36 Å². The fourth-order valence-corrected chi connectivity index (χ4v) is 2.42. The monoisotopic (exact) mass is 253 g/mol. The number of nitrogens with zero attached hydrogens (tertiary/aromatic N) is 3. The molecule has 1 heterocycles. The molecule has 0 atom stereocenters.